The number of carbonyl (C=O) groups is 1. The van der Waals surface area contributed by atoms with Crippen LogP contribution in [0.25, 0.3) is 21.9 Å². The van der Waals surface area contributed by atoms with Crippen LogP contribution >= 0.6 is 0 Å². The van der Waals surface area contributed by atoms with Crippen LogP contribution in [0.4, 0.5) is 5.69 Å². The third-order valence-electron chi connectivity index (χ3n) is 3.31. The molecule has 0 aliphatic heterocycles. The quantitative estimate of drug-likeness (QED) is 0.550. The Labute approximate surface area is 126 Å². The monoisotopic (exact) mass is 342 g/mol. The second-order valence-electron chi connectivity index (χ2n) is 4.66. The number of rotatable bonds is 2. The Morgan fingerprint density at radius 3 is 2.90 bits per heavy atom. The van der Waals surface area contributed by atoms with Crippen LogP contribution in [0.2, 0.25) is 0 Å². The van der Waals surface area contributed by atoms with Crippen molar-refractivity contribution in [3.8, 4) is 0 Å². The summed E-state index contributed by atoms with van der Waals surface area (Å²) in [6.07, 6.45) is 0. The van der Waals surface area contributed by atoms with Gasteiger partial charge in [-0.1, -0.05) is 0 Å². The summed E-state index contributed by atoms with van der Waals surface area (Å²) in [5, 5.41) is 3.92. The fourth-order valence-electron chi connectivity index (χ4n) is 2.29. The number of aromatic nitrogens is 3. The molecular weight excluding hydrogens is 331 g/mol. The molecular formula is C15H10N4OSe. The van der Waals surface area contributed by atoms with Crippen LogP contribution < -0.4 is 5.32 Å². The number of amides is 1. The number of hydrogen-bond acceptors (Lipinski definition) is 3. The molecule has 2 aromatic carbocycles. The Kier molecular flexibility index (Phi) is 2.84. The van der Waals surface area contributed by atoms with E-state index in [-0.39, 0.29) is 20.9 Å². The number of fused-ring (bicyclic) bond motifs is 2. The summed E-state index contributed by atoms with van der Waals surface area (Å²) < 4.78 is 8.67. The molecule has 2 N–H and O–H groups in total. The van der Waals surface area contributed by atoms with Crippen molar-refractivity contribution in [1.82, 2.24) is 12.9 Å². The van der Waals surface area contributed by atoms with Gasteiger partial charge in [0, 0.05) is 0 Å². The van der Waals surface area contributed by atoms with Crippen molar-refractivity contribution < 1.29 is 4.79 Å². The molecule has 0 bridgehead atoms. The minimum atomic E-state index is -0.172. The molecule has 0 aliphatic rings. The van der Waals surface area contributed by atoms with Crippen LogP contribution in [0.3, 0.4) is 0 Å². The number of para-hydroxylation sites is 1. The number of nitrogens with one attached hydrogen (secondary N) is 2. The molecule has 0 atom stereocenters. The molecule has 0 fully saturated rings. The molecule has 5 nitrogen and oxygen atoms in total. The van der Waals surface area contributed by atoms with E-state index in [0.29, 0.717) is 11.4 Å². The maximum absolute atomic E-state index is 12.4. The summed E-state index contributed by atoms with van der Waals surface area (Å²) >= 11 is -0.107. The van der Waals surface area contributed by atoms with Crippen LogP contribution in [0.15, 0.2) is 48.5 Å². The first-order valence-corrected chi connectivity index (χ1v) is 7.95. The van der Waals surface area contributed by atoms with E-state index < -0.39 is 0 Å². The molecule has 6 heteroatoms. The predicted octanol–water partition coefficient (Wildman–Crippen LogP) is 2.42. The van der Waals surface area contributed by atoms with E-state index in [9.17, 15) is 4.79 Å². The van der Waals surface area contributed by atoms with Gasteiger partial charge in [-0.3, -0.25) is 0 Å². The van der Waals surface area contributed by atoms with E-state index in [4.69, 9.17) is 0 Å². The molecule has 4 rings (SSSR count). The fourth-order valence-corrected chi connectivity index (χ4v) is 3.45. The second kappa shape index (κ2) is 4.84. The van der Waals surface area contributed by atoms with Crippen molar-refractivity contribution in [3.63, 3.8) is 0 Å². The van der Waals surface area contributed by atoms with E-state index >= 15 is 0 Å². The second-order valence-corrected chi connectivity index (χ2v) is 5.77. The Morgan fingerprint density at radius 2 is 2.00 bits per heavy atom. The zero-order chi connectivity index (χ0) is 14.2. The molecule has 0 radical (unpaired) electrons. The molecule has 0 aliphatic carbocycles. The molecule has 0 saturated carbocycles. The third-order valence-corrected chi connectivity index (χ3v) is 4.45. The van der Waals surface area contributed by atoms with E-state index in [0.717, 1.165) is 21.9 Å². The summed E-state index contributed by atoms with van der Waals surface area (Å²) in [7, 11) is 0. The Bertz CT molecular complexity index is 923. The van der Waals surface area contributed by atoms with Crippen LogP contribution in [0.5, 0.6) is 0 Å². The summed E-state index contributed by atoms with van der Waals surface area (Å²) in [5.41, 5.74) is 3.82. The van der Waals surface area contributed by atoms with Gasteiger partial charge < -0.3 is 0 Å². The van der Waals surface area contributed by atoms with Crippen molar-refractivity contribution in [1.29, 1.82) is 0 Å². The van der Waals surface area contributed by atoms with Gasteiger partial charge in [-0.15, -0.1) is 0 Å². The Balaban J connectivity index is 1.70. The van der Waals surface area contributed by atoms with Crippen LogP contribution in [0, 0.1) is 0 Å². The average molecular weight is 341 g/mol. The number of benzene rings is 2. The number of H-pyrrole nitrogens is 1. The van der Waals surface area contributed by atoms with Gasteiger partial charge in [-0.25, -0.2) is 0 Å². The first-order valence-electron chi connectivity index (χ1n) is 6.42. The molecule has 1 amide bonds. The number of nitrogens with zero attached hydrogens (tertiary/aromatic N) is 2. The first-order chi connectivity index (χ1) is 10.3. The van der Waals surface area contributed by atoms with Crippen LogP contribution in [-0.4, -0.2) is 33.8 Å². The zero-order valence-corrected chi connectivity index (χ0v) is 12.5. The van der Waals surface area contributed by atoms with Gasteiger partial charge >= 0.3 is 126 Å². The van der Waals surface area contributed by atoms with E-state index in [2.05, 4.69) is 18.3 Å². The van der Waals surface area contributed by atoms with E-state index in [1.165, 1.54) is 0 Å². The number of anilines is 1. The summed E-state index contributed by atoms with van der Waals surface area (Å²) in [5.74, 6) is -0.172. The van der Waals surface area contributed by atoms with Gasteiger partial charge in [0.25, 0.3) is 0 Å². The number of carbonyl (C=O) groups excluding carboxylic acids is 1. The third kappa shape index (κ3) is 2.14. The predicted molar refractivity (Wildman–Crippen MR) is 82.7 cm³/mol. The maximum atomic E-state index is 12.4. The van der Waals surface area contributed by atoms with Gasteiger partial charge in [-0.2, -0.15) is 0 Å². The molecule has 0 saturated heterocycles. The van der Waals surface area contributed by atoms with Crippen molar-refractivity contribution in [2.75, 3.05) is 5.32 Å². The van der Waals surface area contributed by atoms with E-state index in [1.54, 1.807) is 0 Å². The molecule has 2 aromatic heterocycles. The number of aromatic amines is 1. The topological polar surface area (TPSA) is 70.7 Å². The van der Waals surface area contributed by atoms with Gasteiger partial charge in [-0.05, 0) is 0 Å². The SMILES string of the molecule is O=C(Nc1cccc2n[se]nc12)c1cc2ccccc2[nH]1. The minimum absolute atomic E-state index is 0.107. The van der Waals surface area contributed by atoms with Crippen molar-refractivity contribution in [2.24, 2.45) is 0 Å². The molecule has 21 heavy (non-hydrogen) atoms. The Hall–Kier alpha value is -2.43. The average Bonchev–Trinajstić information content (AvgIpc) is 3.14. The summed E-state index contributed by atoms with van der Waals surface area (Å²) in [6.45, 7) is 0. The normalized spacial score (nSPS) is 11.0. The van der Waals surface area contributed by atoms with Gasteiger partial charge in [0.2, 0.25) is 0 Å². The zero-order valence-electron chi connectivity index (χ0n) is 10.8. The van der Waals surface area contributed by atoms with Crippen molar-refractivity contribution in [2.45, 2.75) is 0 Å². The molecule has 2 heterocycles. The standard InChI is InChI=1S/C15H10N4OSe/c20-15(13-8-9-4-1-2-5-10(9)16-13)17-11-6-3-7-12-14(11)19-21-18-12/h1-8,16H,(H,17,20). The summed E-state index contributed by atoms with van der Waals surface area (Å²) in [6, 6.07) is 15.3. The first kappa shape index (κ1) is 12.3. The van der Waals surface area contributed by atoms with Crippen molar-refractivity contribution >= 4 is 48.5 Å². The fraction of sp³-hybridized carbons (Fsp3) is 0. The molecule has 0 spiro atoms. The van der Waals surface area contributed by atoms with Crippen molar-refractivity contribution in [3.05, 3.63) is 54.2 Å². The van der Waals surface area contributed by atoms with Gasteiger partial charge in [0.1, 0.15) is 0 Å². The van der Waals surface area contributed by atoms with Crippen LogP contribution in [0.1, 0.15) is 10.5 Å². The Morgan fingerprint density at radius 1 is 1.10 bits per heavy atom. The van der Waals surface area contributed by atoms with Crippen LogP contribution in [-0.2, 0) is 0 Å². The van der Waals surface area contributed by atoms with Gasteiger partial charge in [0.15, 0.2) is 0 Å². The van der Waals surface area contributed by atoms with Gasteiger partial charge in [0.05, 0.1) is 0 Å². The summed E-state index contributed by atoms with van der Waals surface area (Å²) in [4.78, 5) is 15.5. The molecule has 0 unspecified atom stereocenters. The molecule has 4 aromatic rings. The number of hydrogen-bond donors (Lipinski definition) is 2. The molecule has 102 valence electrons. The van der Waals surface area contributed by atoms with E-state index in [1.807, 2.05) is 48.5 Å².